The lowest BCUT2D eigenvalue weighted by molar-refractivity contribution is 0.262. The third-order valence-corrected chi connectivity index (χ3v) is 6.61. The number of pyridine rings is 1. The van der Waals surface area contributed by atoms with Crippen LogP contribution >= 0.6 is 12.4 Å². The largest absolute Gasteiger partial charge is 0.329 e. The van der Waals surface area contributed by atoms with Gasteiger partial charge in [0.15, 0.2) is 0 Å². The smallest absolute Gasteiger partial charge is 0.317 e. The number of aryl methyl sites for hydroxylation is 1. The summed E-state index contributed by atoms with van der Waals surface area (Å²) in [6.45, 7) is 3.90. The molecule has 1 saturated heterocycles. The molecule has 0 radical (unpaired) electrons. The number of hydrogen-bond acceptors (Lipinski definition) is 6. The highest BCUT2D eigenvalue weighted by Gasteiger charge is 2.32. The number of fused-ring (bicyclic) bond motifs is 1. The zero-order chi connectivity index (χ0) is 18.9. The monoisotopic (exact) mass is 417 g/mol. The zero-order valence-electron chi connectivity index (χ0n) is 15.3. The lowest BCUT2D eigenvalue weighted by atomic mass is 10.1. The highest BCUT2D eigenvalue weighted by atomic mass is 35.5. The average molecular weight is 418 g/mol. The topological polar surface area (TPSA) is 117 Å². The molecular formula is C16H24ClN5O4S. The fourth-order valence-electron chi connectivity index (χ4n) is 3.31. The summed E-state index contributed by atoms with van der Waals surface area (Å²) in [5, 5.41) is 3.31. The highest BCUT2D eigenvalue weighted by Crippen LogP contribution is 2.23. The maximum Gasteiger partial charge on any atom is 0.329 e. The minimum atomic E-state index is -3.79. The number of aromatic amines is 1. The minimum absolute atomic E-state index is 0. The van der Waals surface area contributed by atoms with Crippen molar-refractivity contribution in [1.29, 1.82) is 0 Å². The van der Waals surface area contributed by atoms with Gasteiger partial charge in [0.25, 0.3) is 5.56 Å². The van der Waals surface area contributed by atoms with Gasteiger partial charge in [-0.3, -0.25) is 14.3 Å². The normalized spacial score (nSPS) is 15.8. The predicted octanol–water partition coefficient (Wildman–Crippen LogP) is 0.196. The van der Waals surface area contributed by atoms with Crippen LogP contribution in [0.4, 0.5) is 0 Å². The van der Waals surface area contributed by atoms with Gasteiger partial charge in [0, 0.05) is 25.8 Å². The molecule has 2 N–H and O–H groups in total. The Labute approximate surface area is 163 Å². The van der Waals surface area contributed by atoms with Crippen LogP contribution in [-0.2, 0) is 17.1 Å². The standard InChI is InChI=1S/C16H23N5O4S.ClH/c1-3-8-21(11-4-6-17-7-5-11)26(24,25)12-9-13-14(18-10-12)20(2)16(23)19-15(13)22;/h9-11,17H,3-8H2,1-2H3,(H,19,22,23);1H. The molecule has 0 saturated carbocycles. The third-order valence-electron chi connectivity index (χ3n) is 4.70. The molecular weight excluding hydrogens is 394 g/mol. The summed E-state index contributed by atoms with van der Waals surface area (Å²) in [7, 11) is -2.32. The van der Waals surface area contributed by atoms with Crippen LogP contribution in [0.5, 0.6) is 0 Å². The second-order valence-corrected chi connectivity index (χ2v) is 8.35. The summed E-state index contributed by atoms with van der Waals surface area (Å²) in [6, 6.07) is 1.23. The van der Waals surface area contributed by atoms with Crippen molar-refractivity contribution in [2.24, 2.45) is 7.05 Å². The Morgan fingerprint density at radius 2 is 1.96 bits per heavy atom. The molecule has 0 bridgehead atoms. The van der Waals surface area contributed by atoms with E-state index in [1.807, 2.05) is 6.92 Å². The van der Waals surface area contributed by atoms with Crippen LogP contribution < -0.4 is 16.6 Å². The summed E-state index contributed by atoms with van der Waals surface area (Å²) < 4.78 is 29.1. The van der Waals surface area contributed by atoms with E-state index in [1.165, 1.54) is 28.2 Å². The first kappa shape index (κ1) is 21.5. The van der Waals surface area contributed by atoms with Gasteiger partial charge in [-0.05, 0) is 38.4 Å². The van der Waals surface area contributed by atoms with Gasteiger partial charge in [-0.2, -0.15) is 4.31 Å². The van der Waals surface area contributed by atoms with Crippen LogP contribution in [0.1, 0.15) is 26.2 Å². The number of nitrogens with one attached hydrogen (secondary N) is 2. The van der Waals surface area contributed by atoms with Crippen LogP contribution in [0.15, 0.2) is 26.7 Å². The van der Waals surface area contributed by atoms with Crippen LogP contribution in [-0.4, -0.2) is 52.9 Å². The Hall–Kier alpha value is -1.75. The van der Waals surface area contributed by atoms with Gasteiger partial charge in [0.05, 0.1) is 5.39 Å². The van der Waals surface area contributed by atoms with Gasteiger partial charge in [-0.15, -0.1) is 12.4 Å². The van der Waals surface area contributed by atoms with E-state index in [0.717, 1.165) is 25.9 Å². The Bertz CT molecular complexity index is 1030. The summed E-state index contributed by atoms with van der Waals surface area (Å²) in [4.78, 5) is 30.0. The van der Waals surface area contributed by atoms with Crippen molar-refractivity contribution >= 4 is 33.5 Å². The molecule has 3 heterocycles. The number of rotatable bonds is 5. The molecule has 0 unspecified atom stereocenters. The van der Waals surface area contributed by atoms with Crippen molar-refractivity contribution in [3.8, 4) is 0 Å². The van der Waals surface area contributed by atoms with E-state index >= 15 is 0 Å². The molecule has 3 rings (SSSR count). The summed E-state index contributed by atoms with van der Waals surface area (Å²) in [5.74, 6) is 0. The molecule has 150 valence electrons. The van der Waals surface area contributed by atoms with Crippen molar-refractivity contribution < 1.29 is 8.42 Å². The summed E-state index contributed by atoms with van der Waals surface area (Å²) in [5.41, 5.74) is -1.08. The Kier molecular flexibility index (Phi) is 6.79. The summed E-state index contributed by atoms with van der Waals surface area (Å²) >= 11 is 0. The van der Waals surface area contributed by atoms with Crippen LogP contribution in [0.3, 0.4) is 0 Å². The average Bonchev–Trinajstić information content (AvgIpc) is 2.64. The minimum Gasteiger partial charge on any atom is -0.317 e. The number of piperidine rings is 1. The van der Waals surface area contributed by atoms with E-state index in [4.69, 9.17) is 0 Å². The fourth-order valence-corrected chi connectivity index (χ4v) is 5.06. The van der Waals surface area contributed by atoms with Gasteiger partial charge in [0.2, 0.25) is 10.0 Å². The van der Waals surface area contributed by atoms with E-state index in [9.17, 15) is 18.0 Å². The van der Waals surface area contributed by atoms with Crippen LogP contribution in [0, 0.1) is 0 Å². The van der Waals surface area contributed by atoms with Gasteiger partial charge >= 0.3 is 5.69 Å². The van der Waals surface area contributed by atoms with Crippen molar-refractivity contribution in [2.75, 3.05) is 19.6 Å². The van der Waals surface area contributed by atoms with Crippen molar-refractivity contribution in [3.05, 3.63) is 33.1 Å². The van der Waals surface area contributed by atoms with E-state index in [-0.39, 0.29) is 34.4 Å². The number of aromatic nitrogens is 3. The summed E-state index contributed by atoms with van der Waals surface area (Å²) in [6.07, 6.45) is 3.41. The van der Waals surface area contributed by atoms with Crippen molar-refractivity contribution in [1.82, 2.24) is 24.2 Å². The number of nitrogens with zero attached hydrogens (tertiary/aromatic N) is 3. The molecule has 1 aliphatic heterocycles. The number of hydrogen-bond donors (Lipinski definition) is 2. The fraction of sp³-hybridized carbons (Fsp3) is 0.562. The molecule has 0 atom stereocenters. The molecule has 2 aromatic rings. The second kappa shape index (κ2) is 8.51. The first-order valence-electron chi connectivity index (χ1n) is 8.68. The van der Waals surface area contributed by atoms with Crippen molar-refractivity contribution in [3.63, 3.8) is 0 Å². The van der Waals surface area contributed by atoms with E-state index < -0.39 is 21.3 Å². The van der Waals surface area contributed by atoms with E-state index in [1.54, 1.807) is 0 Å². The first-order valence-corrected chi connectivity index (χ1v) is 10.1. The molecule has 0 spiro atoms. The lowest BCUT2D eigenvalue weighted by Gasteiger charge is -2.33. The number of H-pyrrole nitrogens is 1. The van der Waals surface area contributed by atoms with Gasteiger partial charge in [-0.25, -0.2) is 18.2 Å². The predicted molar refractivity (Wildman–Crippen MR) is 105 cm³/mol. The van der Waals surface area contributed by atoms with E-state index in [0.29, 0.717) is 13.0 Å². The molecule has 0 amide bonds. The Balaban J connectivity index is 0.00000261. The molecule has 1 aliphatic rings. The number of sulfonamides is 1. The second-order valence-electron chi connectivity index (χ2n) is 6.46. The van der Waals surface area contributed by atoms with E-state index in [2.05, 4.69) is 15.3 Å². The molecule has 1 fully saturated rings. The van der Waals surface area contributed by atoms with Gasteiger partial charge in [-0.1, -0.05) is 6.92 Å². The lowest BCUT2D eigenvalue weighted by Crippen LogP contribution is -2.46. The highest BCUT2D eigenvalue weighted by molar-refractivity contribution is 7.89. The van der Waals surface area contributed by atoms with Crippen molar-refractivity contribution in [2.45, 2.75) is 37.1 Å². The zero-order valence-corrected chi connectivity index (χ0v) is 16.9. The SMILES string of the molecule is CCCN(C1CCNCC1)S(=O)(=O)c1cnc2c(c1)c(=O)[nH]c(=O)n2C.Cl. The Morgan fingerprint density at radius 1 is 1.30 bits per heavy atom. The molecule has 9 nitrogen and oxygen atoms in total. The maximum atomic E-state index is 13.2. The van der Waals surface area contributed by atoms with Gasteiger partial charge < -0.3 is 5.32 Å². The quantitative estimate of drug-likeness (QED) is 0.717. The Morgan fingerprint density at radius 3 is 2.59 bits per heavy atom. The first-order chi connectivity index (χ1) is 12.4. The molecule has 0 aromatic carbocycles. The van der Waals surface area contributed by atoms with Crippen LogP contribution in [0.25, 0.3) is 11.0 Å². The maximum absolute atomic E-state index is 13.2. The van der Waals surface area contributed by atoms with Crippen LogP contribution in [0.2, 0.25) is 0 Å². The number of halogens is 1. The third kappa shape index (κ3) is 4.08. The molecule has 2 aromatic heterocycles. The molecule has 0 aliphatic carbocycles. The van der Waals surface area contributed by atoms with Gasteiger partial charge in [0.1, 0.15) is 10.5 Å². The molecule has 27 heavy (non-hydrogen) atoms. The molecule has 11 heteroatoms.